The van der Waals surface area contributed by atoms with Gasteiger partial charge in [-0.2, -0.15) is 146 Å². The Bertz CT molecular complexity index is 995. The normalized spacial score (nSPS) is 15.3. The van der Waals surface area contributed by atoms with Crippen molar-refractivity contribution >= 4 is 146 Å². The van der Waals surface area contributed by atoms with Crippen molar-refractivity contribution in [1.29, 1.82) is 0 Å². The van der Waals surface area contributed by atoms with Crippen LogP contribution in [0.2, 0.25) is 0 Å². The molecule has 0 spiro atoms. The third kappa shape index (κ3) is 52.7. The van der Waals surface area contributed by atoms with E-state index in [1.807, 2.05) is 35.3 Å². The van der Waals surface area contributed by atoms with Crippen LogP contribution in [-0.2, 0) is 37.9 Å². The Kier molecular flexibility index (Phi) is 64.8. The van der Waals surface area contributed by atoms with Crippen molar-refractivity contribution in [3.05, 3.63) is 0 Å². The van der Waals surface area contributed by atoms with Gasteiger partial charge < -0.3 is 37.9 Å². The molecule has 0 N–H and O–H groups in total. The summed E-state index contributed by atoms with van der Waals surface area (Å²) in [5.41, 5.74) is 0.0107. The SMILES string of the molecule is CCOC(CCCSC(C)C(C)S)(CCCSC(C)C(C)S)CCCSC(C)C(C)S.CCOC(CCCSCCOCCOCCS)(CCCSCCOCCOCCS)CCCSCCOCCOCCS. The zero-order valence-corrected chi connectivity index (χ0v) is 58.0. The Hall–Kier alpha value is 3.88. The summed E-state index contributed by atoms with van der Waals surface area (Å²) in [4.78, 5) is 0. The van der Waals surface area contributed by atoms with Crippen molar-refractivity contribution < 1.29 is 37.9 Å². The Labute approximate surface area is 516 Å². The van der Waals surface area contributed by atoms with E-state index in [1.165, 1.54) is 75.0 Å². The number of ether oxygens (including phenoxy) is 8. The summed E-state index contributed by atoms with van der Waals surface area (Å²) in [7, 11) is 0. The minimum atomic E-state index is -0.0288. The van der Waals surface area contributed by atoms with Gasteiger partial charge in [-0.25, -0.2) is 0 Å². The van der Waals surface area contributed by atoms with E-state index < -0.39 is 0 Å². The number of hydrogen-bond donors (Lipinski definition) is 6. The van der Waals surface area contributed by atoms with E-state index >= 15 is 0 Å². The summed E-state index contributed by atoms with van der Waals surface area (Å²) < 4.78 is 46.3. The first-order chi connectivity index (χ1) is 35.8. The van der Waals surface area contributed by atoms with Gasteiger partial charge in [0.05, 0.1) is 90.5 Å². The summed E-state index contributed by atoms with van der Waals surface area (Å²) in [5, 5.41) is 3.15. The zero-order chi connectivity index (χ0) is 55.2. The molecule has 0 saturated carbocycles. The van der Waals surface area contributed by atoms with E-state index in [1.54, 1.807) is 0 Å². The predicted octanol–water partition coefficient (Wildman–Crippen LogP) is 14.6. The molecule has 8 nitrogen and oxygen atoms in total. The Morgan fingerprint density at radius 2 is 0.554 bits per heavy atom. The molecule has 0 saturated heterocycles. The first-order valence-electron chi connectivity index (χ1n) is 28.0. The highest BCUT2D eigenvalue weighted by Gasteiger charge is 2.31. The fourth-order valence-electron chi connectivity index (χ4n) is 7.51. The Morgan fingerprint density at radius 1 is 0.324 bits per heavy atom. The van der Waals surface area contributed by atoms with Gasteiger partial charge in [0.25, 0.3) is 0 Å². The number of rotatable bonds is 58. The quantitative estimate of drug-likeness (QED) is 0.0259. The second kappa shape index (κ2) is 60.0. The number of hydrogen-bond acceptors (Lipinski definition) is 20. The highest BCUT2D eigenvalue weighted by molar-refractivity contribution is 8.01. The van der Waals surface area contributed by atoms with Crippen molar-refractivity contribution in [2.45, 2.75) is 175 Å². The standard InChI is InChI=1S/C30H62O7S6.C24H50OS6/c1-2-37-30(6-3-24-41-27-18-34-12-9-31-15-21-38,7-4-25-42-28-19-35-13-10-32-16-22-39)8-5-26-43-29-20-36-14-11-33-17-23-40;1-8-25-24(12-9-15-29-21(5)18(2)26,13-10-16-30-22(6)19(3)27)14-11-17-31-23(7)20(4)28/h38-40H,2-29H2,1H3;18-23,26-28H,8-17H2,1-7H3. The highest BCUT2D eigenvalue weighted by atomic mass is 32.2. The molecule has 0 aliphatic heterocycles. The van der Waals surface area contributed by atoms with Crippen LogP contribution in [0.5, 0.6) is 0 Å². The Balaban J connectivity index is 0. The predicted molar refractivity (Wildman–Crippen MR) is 364 cm³/mol. The van der Waals surface area contributed by atoms with E-state index in [9.17, 15) is 0 Å². The van der Waals surface area contributed by atoms with Crippen LogP contribution in [0.1, 0.15) is 132 Å². The molecule has 6 atom stereocenters. The monoisotopic (exact) mass is 1270 g/mol. The zero-order valence-electron chi connectivity index (χ0n) is 47.7. The lowest BCUT2D eigenvalue weighted by molar-refractivity contribution is -0.0588. The van der Waals surface area contributed by atoms with E-state index in [0.717, 1.165) is 104 Å². The van der Waals surface area contributed by atoms with Crippen LogP contribution < -0.4 is 0 Å². The summed E-state index contributed by atoms with van der Waals surface area (Å²) in [6.45, 7) is 27.6. The largest absolute Gasteiger partial charge is 0.378 e. The van der Waals surface area contributed by atoms with Crippen molar-refractivity contribution in [3.8, 4) is 0 Å². The van der Waals surface area contributed by atoms with Crippen molar-refractivity contribution in [2.75, 3.05) is 162 Å². The molecule has 6 unspecified atom stereocenters. The van der Waals surface area contributed by atoms with E-state index in [4.69, 9.17) is 37.9 Å². The third-order valence-electron chi connectivity index (χ3n) is 12.1. The molecule has 0 amide bonds. The van der Waals surface area contributed by atoms with Crippen molar-refractivity contribution in [1.82, 2.24) is 0 Å². The summed E-state index contributed by atoms with van der Waals surface area (Å²) in [6, 6.07) is 0. The smallest absolute Gasteiger partial charge is 0.0700 e. The molecule has 20 heteroatoms. The topological polar surface area (TPSA) is 73.8 Å². The first-order valence-corrected chi connectivity index (χ1v) is 38.0. The van der Waals surface area contributed by atoms with E-state index in [-0.39, 0.29) is 11.2 Å². The highest BCUT2D eigenvalue weighted by Crippen LogP contribution is 2.35. The van der Waals surface area contributed by atoms with Gasteiger partial charge in [0, 0.05) is 79.2 Å². The minimum absolute atomic E-state index is 0.0288. The van der Waals surface area contributed by atoms with E-state index in [2.05, 4.69) is 166 Å². The first kappa shape index (κ1) is 79.9. The molecule has 0 aromatic heterocycles. The molecule has 74 heavy (non-hydrogen) atoms. The van der Waals surface area contributed by atoms with Crippen LogP contribution in [0.15, 0.2) is 0 Å². The summed E-state index contributed by atoms with van der Waals surface area (Å²) in [6.07, 6.45) is 14.1. The molecule has 0 rings (SSSR count). The van der Waals surface area contributed by atoms with Gasteiger partial charge in [-0.1, -0.05) is 41.5 Å². The molecule has 0 bridgehead atoms. The molecular formula is C54H112O8S12. The second-order valence-corrected chi connectivity index (χ2v) is 30.4. The third-order valence-corrected chi connectivity index (χ3v) is 22.1. The van der Waals surface area contributed by atoms with Crippen molar-refractivity contribution in [2.24, 2.45) is 0 Å². The molecule has 0 heterocycles. The van der Waals surface area contributed by atoms with Crippen LogP contribution >= 0.6 is 146 Å². The summed E-state index contributed by atoms with van der Waals surface area (Å²) >= 11 is 38.3. The molecule has 0 aromatic rings. The molecule has 0 aromatic carbocycles. The van der Waals surface area contributed by atoms with Gasteiger partial charge in [-0.05, 0) is 125 Å². The average Bonchev–Trinajstić information content (AvgIpc) is 3.38. The van der Waals surface area contributed by atoms with Crippen LogP contribution in [-0.4, -0.2) is 204 Å². The number of thioether (sulfide) groups is 6. The molecule has 0 aliphatic carbocycles. The summed E-state index contributed by atoms with van der Waals surface area (Å²) in [5.74, 6) is 12.3. The molecule has 0 fully saturated rings. The van der Waals surface area contributed by atoms with Gasteiger partial charge in [0.1, 0.15) is 0 Å². The average molecular weight is 1270 g/mol. The molecular weight excluding hydrogens is 1160 g/mol. The second-order valence-electron chi connectivity index (χ2n) is 18.5. The molecule has 448 valence electrons. The van der Waals surface area contributed by atoms with Crippen molar-refractivity contribution in [3.63, 3.8) is 0 Å². The van der Waals surface area contributed by atoms with Gasteiger partial charge >= 0.3 is 0 Å². The maximum atomic E-state index is 6.55. The lowest BCUT2D eigenvalue weighted by atomic mass is 9.88. The lowest BCUT2D eigenvalue weighted by Gasteiger charge is -2.35. The van der Waals surface area contributed by atoms with Crippen LogP contribution in [0.4, 0.5) is 0 Å². The minimum Gasteiger partial charge on any atom is -0.378 e. The van der Waals surface area contributed by atoms with Gasteiger partial charge in [-0.3, -0.25) is 0 Å². The fraction of sp³-hybridized carbons (Fsp3) is 1.00. The van der Waals surface area contributed by atoms with Crippen LogP contribution in [0.25, 0.3) is 0 Å². The fourth-order valence-corrected chi connectivity index (χ4v) is 13.9. The van der Waals surface area contributed by atoms with Gasteiger partial charge in [-0.15, -0.1) is 0 Å². The van der Waals surface area contributed by atoms with Gasteiger partial charge in [0.15, 0.2) is 0 Å². The maximum absolute atomic E-state index is 6.55. The molecule has 0 aliphatic rings. The van der Waals surface area contributed by atoms with Crippen LogP contribution in [0.3, 0.4) is 0 Å². The van der Waals surface area contributed by atoms with E-state index in [0.29, 0.717) is 91.0 Å². The Morgan fingerprint density at radius 3 is 0.770 bits per heavy atom. The maximum Gasteiger partial charge on any atom is 0.0700 e. The van der Waals surface area contributed by atoms with Gasteiger partial charge in [0.2, 0.25) is 0 Å². The van der Waals surface area contributed by atoms with Crippen LogP contribution in [0, 0.1) is 0 Å². The lowest BCUT2D eigenvalue weighted by Crippen LogP contribution is -2.34. The number of thiol groups is 6. The molecule has 0 radical (unpaired) electrons.